The van der Waals surface area contributed by atoms with Crippen LogP contribution in [0.1, 0.15) is 12.5 Å². The van der Waals surface area contributed by atoms with Crippen LogP contribution < -0.4 is 4.74 Å². The first kappa shape index (κ1) is 11.3. The van der Waals surface area contributed by atoms with E-state index in [2.05, 4.69) is 6.58 Å². The lowest BCUT2D eigenvalue weighted by Crippen LogP contribution is -1.89. The third kappa shape index (κ3) is 2.84. The lowest BCUT2D eigenvalue weighted by molar-refractivity contribution is 0.413. The highest BCUT2D eigenvalue weighted by atomic mass is 16.5. The molecular formula is C14H16O. The van der Waals surface area contributed by atoms with E-state index in [4.69, 9.17) is 4.74 Å². The predicted octanol–water partition coefficient (Wildman–Crippen LogP) is 3.84. The molecule has 0 aliphatic carbocycles. The average molecular weight is 200 g/mol. The van der Waals surface area contributed by atoms with Gasteiger partial charge >= 0.3 is 0 Å². The van der Waals surface area contributed by atoms with Crippen molar-refractivity contribution in [1.29, 1.82) is 0 Å². The molecule has 1 rings (SSSR count). The molecule has 0 spiro atoms. The molecule has 0 N–H and O–H groups in total. The van der Waals surface area contributed by atoms with Gasteiger partial charge in [-0.2, -0.15) is 0 Å². The Hall–Kier alpha value is -1.76. The van der Waals surface area contributed by atoms with Crippen molar-refractivity contribution in [2.75, 3.05) is 7.11 Å². The molecule has 0 aliphatic rings. The first-order valence-corrected chi connectivity index (χ1v) is 4.92. The summed E-state index contributed by atoms with van der Waals surface area (Å²) in [6.45, 7) is 5.71. The van der Waals surface area contributed by atoms with Gasteiger partial charge < -0.3 is 4.74 Å². The Morgan fingerprint density at radius 2 is 2.07 bits per heavy atom. The maximum absolute atomic E-state index is 5.31. The largest absolute Gasteiger partial charge is 0.496 e. The van der Waals surface area contributed by atoms with Gasteiger partial charge in [0.1, 0.15) is 5.75 Å². The fraction of sp³-hybridized carbons (Fsp3) is 0.143. The molecule has 0 atom stereocenters. The number of allylic oxidation sites excluding steroid dienone is 5. The Kier molecular flexibility index (Phi) is 4.42. The molecule has 1 nitrogen and oxygen atoms in total. The van der Waals surface area contributed by atoms with Gasteiger partial charge in [0.15, 0.2) is 0 Å². The van der Waals surface area contributed by atoms with Crippen molar-refractivity contribution in [3.63, 3.8) is 0 Å². The minimum Gasteiger partial charge on any atom is -0.496 e. The Labute approximate surface area is 91.4 Å². The highest BCUT2D eigenvalue weighted by molar-refractivity contribution is 5.78. The van der Waals surface area contributed by atoms with Crippen LogP contribution in [0, 0.1) is 0 Å². The zero-order valence-electron chi connectivity index (χ0n) is 9.23. The molecular weight excluding hydrogens is 184 g/mol. The van der Waals surface area contributed by atoms with Crippen molar-refractivity contribution < 1.29 is 4.74 Å². The van der Waals surface area contributed by atoms with Crippen LogP contribution in [0.15, 0.2) is 55.1 Å². The quantitative estimate of drug-likeness (QED) is 0.671. The summed E-state index contributed by atoms with van der Waals surface area (Å²) in [5.74, 6) is 0.878. The van der Waals surface area contributed by atoms with Gasteiger partial charge in [0.05, 0.1) is 7.11 Å². The molecule has 0 radical (unpaired) electrons. The molecule has 15 heavy (non-hydrogen) atoms. The summed E-state index contributed by atoms with van der Waals surface area (Å²) in [5.41, 5.74) is 2.18. The zero-order chi connectivity index (χ0) is 11.1. The van der Waals surface area contributed by atoms with E-state index in [9.17, 15) is 0 Å². The summed E-state index contributed by atoms with van der Waals surface area (Å²) < 4.78 is 5.31. The maximum Gasteiger partial charge on any atom is 0.126 e. The van der Waals surface area contributed by atoms with E-state index in [1.807, 2.05) is 49.4 Å². The maximum atomic E-state index is 5.31. The smallest absolute Gasteiger partial charge is 0.126 e. The molecule has 0 heterocycles. The number of ether oxygens (including phenoxy) is 1. The molecule has 1 heteroatoms. The van der Waals surface area contributed by atoms with E-state index in [0.717, 1.165) is 16.9 Å². The normalized spacial score (nSPS) is 11.7. The van der Waals surface area contributed by atoms with Crippen molar-refractivity contribution in [3.8, 4) is 5.75 Å². The highest BCUT2D eigenvalue weighted by Gasteiger charge is 2.03. The van der Waals surface area contributed by atoms with Gasteiger partial charge in [-0.1, -0.05) is 49.1 Å². The molecule has 78 valence electrons. The summed E-state index contributed by atoms with van der Waals surface area (Å²) in [4.78, 5) is 0. The second-order valence-electron chi connectivity index (χ2n) is 3.06. The number of benzene rings is 1. The Balaban J connectivity index is 3.21. The first-order valence-electron chi connectivity index (χ1n) is 4.92. The molecule has 0 bridgehead atoms. The molecule has 1 aromatic rings. The molecule has 0 saturated heterocycles. The van der Waals surface area contributed by atoms with Crippen LogP contribution in [-0.4, -0.2) is 7.11 Å². The summed E-state index contributed by atoms with van der Waals surface area (Å²) in [5, 5.41) is 0. The minimum atomic E-state index is 0.878. The van der Waals surface area contributed by atoms with Gasteiger partial charge in [-0.25, -0.2) is 0 Å². The first-order chi connectivity index (χ1) is 7.33. The van der Waals surface area contributed by atoms with E-state index >= 15 is 0 Å². The second-order valence-corrected chi connectivity index (χ2v) is 3.06. The molecule has 0 unspecified atom stereocenters. The van der Waals surface area contributed by atoms with E-state index in [1.165, 1.54) is 0 Å². The summed E-state index contributed by atoms with van der Waals surface area (Å²) in [7, 11) is 1.68. The number of hydrogen-bond donors (Lipinski definition) is 0. The molecule has 0 aromatic heterocycles. The number of methoxy groups -OCH3 is 1. The zero-order valence-corrected chi connectivity index (χ0v) is 9.23. The lowest BCUT2D eigenvalue weighted by atomic mass is 10.0. The highest BCUT2D eigenvalue weighted by Crippen LogP contribution is 2.26. The second kappa shape index (κ2) is 5.86. The van der Waals surface area contributed by atoms with Crippen molar-refractivity contribution in [2.45, 2.75) is 6.92 Å². The van der Waals surface area contributed by atoms with Gasteiger partial charge in [-0.15, -0.1) is 0 Å². The van der Waals surface area contributed by atoms with Gasteiger partial charge in [0, 0.05) is 5.56 Å². The third-order valence-corrected chi connectivity index (χ3v) is 2.06. The van der Waals surface area contributed by atoms with Crippen LogP contribution in [0.5, 0.6) is 5.75 Å². The van der Waals surface area contributed by atoms with Crippen molar-refractivity contribution >= 4 is 5.57 Å². The summed E-state index contributed by atoms with van der Waals surface area (Å²) in [6, 6.07) is 7.95. The number of rotatable bonds is 4. The van der Waals surface area contributed by atoms with Gasteiger partial charge in [-0.05, 0) is 18.6 Å². The van der Waals surface area contributed by atoms with E-state index in [0.29, 0.717) is 0 Å². The fourth-order valence-electron chi connectivity index (χ4n) is 1.42. The topological polar surface area (TPSA) is 9.23 Å². The van der Waals surface area contributed by atoms with Gasteiger partial charge in [0.25, 0.3) is 0 Å². The van der Waals surface area contributed by atoms with E-state index in [1.54, 1.807) is 13.2 Å². The van der Waals surface area contributed by atoms with Crippen LogP contribution in [0.2, 0.25) is 0 Å². The molecule has 0 fully saturated rings. The predicted molar refractivity (Wildman–Crippen MR) is 66.0 cm³/mol. The average Bonchev–Trinajstić information content (AvgIpc) is 2.29. The van der Waals surface area contributed by atoms with Crippen LogP contribution in [-0.2, 0) is 0 Å². The van der Waals surface area contributed by atoms with Gasteiger partial charge in [0.2, 0.25) is 0 Å². The molecule has 0 aliphatic heterocycles. The summed E-state index contributed by atoms with van der Waals surface area (Å²) >= 11 is 0. The van der Waals surface area contributed by atoms with Crippen molar-refractivity contribution in [3.05, 3.63) is 60.7 Å². The van der Waals surface area contributed by atoms with Crippen molar-refractivity contribution in [1.82, 2.24) is 0 Å². The van der Waals surface area contributed by atoms with Crippen LogP contribution in [0.3, 0.4) is 0 Å². The van der Waals surface area contributed by atoms with Crippen LogP contribution >= 0.6 is 0 Å². The fourth-order valence-corrected chi connectivity index (χ4v) is 1.42. The van der Waals surface area contributed by atoms with Crippen LogP contribution in [0.25, 0.3) is 5.57 Å². The Bertz CT molecular complexity index is 386. The van der Waals surface area contributed by atoms with E-state index in [-0.39, 0.29) is 0 Å². The van der Waals surface area contributed by atoms with Crippen LogP contribution in [0.4, 0.5) is 0 Å². The third-order valence-electron chi connectivity index (χ3n) is 2.06. The minimum absolute atomic E-state index is 0.878. The molecule has 0 amide bonds. The number of para-hydroxylation sites is 1. The SMILES string of the molecule is C=C/C=C(\C=C/C)c1ccccc1OC. The number of hydrogen-bond acceptors (Lipinski definition) is 1. The van der Waals surface area contributed by atoms with Gasteiger partial charge in [-0.3, -0.25) is 0 Å². The Morgan fingerprint density at radius 3 is 2.67 bits per heavy atom. The molecule has 1 aromatic carbocycles. The standard InChI is InChI=1S/C14H16O/c1-4-8-12(9-5-2)13-10-6-7-11-14(13)15-3/h4-11H,1H2,2-3H3/b9-5-,12-8+. The summed E-state index contributed by atoms with van der Waals surface area (Å²) in [6.07, 6.45) is 7.79. The lowest BCUT2D eigenvalue weighted by Gasteiger charge is -2.08. The van der Waals surface area contributed by atoms with E-state index < -0.39 is 0 Å². The molecule has 0 saturated carbocycles. The monoisotopic (exact) mass is 200 g/mol. The van der Waals surface area contributed by atoms with Crippen molar-refractivity contribution in [2.24, 2.45) is 0 Å². The Morgan fingerprint density at radius 1 is 1.33 bits per heavy atom.